The van der Waals surface area contributed by atoms with Crippen LogP contribution in [0.25, 0.3) is 0 Å². The first-order valence-corrected chi connectivity index (χ1v) is 7.06. The molecule has 0 heterocycles. The number of aliphatic carboxylic acids is 1. The SMILES string of the molecule is CC1(C)CCCC(NC(=O)C(C(=O)O)C(C)(C)C)C1. The van der Waals surface area contributed by atoms with Crippen molar-refractivity contribution >= 4 is 11.9 Å². The number of rotatable bonds is 3. The minimum Gasteiger partial charge on any atom is -0.481 e. The summed E-state index contributed by atoms with van der Waals surface area (Å²) in [5.41, 5.74) is -0.337. The van der Waals surface area contributed by atoms with Gasteiger partial charge in [0.2, 0.25) is 5.91 Å². The van der Waals surface area contributed by atoms with E-state index >= 15 is 0 Å². The third-order valence-electron chi connectivity index (χ3n) is 3.93. The summed E-state index contributed by atoms with van der Waals surface area (Å²) in [6, 6.07) is 0.112. The largest absolute Gasteiger partial charge is 0.481 e. The molecule has 1 aliphatic rings. The fourth-order valence-corrected chi connectivity index (χ4v) is 2.98. The number of amides is 1. The van der Waals surface area contributed by atoms with Crippen LogP contribution in [0.2, 0.25) is 0 Å². The Balaban J connectivity index is 2.70. The fourth-order valence-electron chi connectivity index (χ4n) is 2.98. The molecule has 0 radical (unpaired) electrons. The number of carbonyl (C=O) groups excluding carboxylic acids is 1. The molecule has 0 bridgehead atoms. The summed E-state index contributed by atoms with van der Waals surface area (Å²) in [5.74, 6) is -2.37. The molecule has 1 fully saturated rings. The van der Waals surface area contributed by atoms with Crippen LogP contribution in [0.1, 0.15) is 60.3 Å². The number of nitrogens with one attached hydrogen (secondary N) is 1. The van der Waals surface area contributed by atoms with Crippen molar-refractivity contribution in [1.82, 2.24) is 5.32 Å². The zero-order valence-electron chi connectivity index (χ0n) is 12.7. The monoisotopic (exact) mass is 269 g/mol. The average Bonchev–Trinajstić information content (AvgIpc) is 2.11. The van der Waals surface area contributed by atoms with Crippen LogP contribution in [0.15, 0.2) is 0 Å². The summed E-state index contributed by atoms with van der Waals surface area (Å²) in [6.45, 7) is 9.76. The zero-order chi connectivity index (χ0) is 14.8. The molecule has 1 saturated carbocycles. The van der Waals surface area contributed by atoms with Gasteiger partial charge in [0, 0.05) is 6.04 Å². The van der Waals surface area contributed by atoms with Gasteiger partial charge in [-0.1, -0.05) is 41.0 Å². The van der Waals surface area contributed by atoms with E-state index in [1.165, 1.54) is 6.42 Å². The lowest BCUT2D eigenvalue weighted by Crippen LogP contribution is -2.48. The molecule has 2 N–H and O–H groups in total. The normalized spacial score (nSPS) is 24.6. The summed E-state index contributed by atoms with van der Waals surface area (Å²) in [7, 11) is 0. The van der Waals surface area contributed by atoms with Gasteiger partial charge in [0.25, 0.3) is 0 Å². The van der Waals surface area contributed by atoms with Crippen molar-refractivity contribution in [2.45, 2.75) is 66.3 Å². The van der Waals surface area contributed by atoms with E-state index in [0.29, 0.717) is 0 Å². The van der Waals surface area contributed by atoms with Crippen LogP contribution < -0.4 is 5.32 Å². The zero-order valence-corrected chi connectivity index (χ0v) is 12.7. The van der Waals surface area contributed by atoms with Crippen molar-refractivity contribution in [3.8, 4) is 0 Å². The molecule has 0 aromatic heterocycles. The molecule has 4 nitrogen and oxygen atoms in total. The lowest BCUT2D eigenvalue weighted by molar-refractivity contribution is -0.151. The third kappa shape index (κ3) is 4.51. The lowest BCUT2D eigenvalue weighted by atomic mass is 9.74. The number of carboxylic acid groups (broad SMARTS) is 1. The van der Waals surface area contributed by atoms with Gasteiger partial charge in [-0.15, -0.1) is 0 Å². The van der Waals surface area contributed by atoms with Crippen LogP contribution in [0.3, 0.4) is 0 Å². The Bertz CT molecular complexity index is 355. The van der Waals surface area contributed by atoms with Crippen molar-refractivity contribution in [2.24, 2.45) is 16.7 Å². The first kappa shape index (κ1) is 16.0. The molecule has 0 aliphatic heterocycles. The highest BCUT2D eigenvalue weighted by Crippen LogP contribution is 2.35. The molecule has 19 heavy (non-hydrogen) atoms. The maximum atomic E-state index is 12.2. The third-order valence-corrected chi connectivity index (χ3v) is 3.93. The molecule has 0 aromatic rings. The van der Waals surface area contributed by atoms with Gasteiger partial charge < -0.3 is 10.4 Å². The molecule has 1 aliphatic carbocycles. The van der Waals surface area contributed by atoms with Crippen molar-refractivity contribution in [3.05, 3.63) is 0 Å². The smallest absolute Gasteiger partial charge is 0.316 e. The quantitative estimate of drug-likeness (QED) is 0.774. The summed E-state index contributed by atoms with van der Waals surface area (Å²) >= 11 is 0. The number of hydrogen-bond donors (Lipinski definition) is 2. The Kier molecular flexibility index (Phi) is 4.64. The van der Waals surface area contributed by atoms with Crippen LogP contribution in [-0.4, -0.2) is 23.0 Å². The van der Waals surface area contributed by atoms with Gasteiger partial charge in [0.1, 0.15) is 5.92 Å². The van der Waals surface area contributed by atoms with Gasteiger partial charge in [0.05, 0.1) is 0 Å². The van der Waals surface area contributed by atoms with Crippen LogP contribution in [0, 0.1) is 16.7 Å². The van der Waals surface area contributed by atoms with Crippen LogP contribution in [0.4, 0.5) is 0 Å². The average molecular weight is 269 g/mol. The molecule has 2 unspecified atom stereocenters. The Hall–Kier alpha value is -1.06. The molecule has 110 valence electrons. The lowest BCUT2D eigenvalue weighted by Gasteiger charge is -2.36. The van der Waals surface area contributed by atoms with Crippen molar-refractivity contribution in [2.75, 3.05) is 0 Å². The Labute approximate surface area is 116 Å². The molecule has 0 aromatic carbocycles. The van der Waals surface area contributed by atoms with E-state index in [-0.39, 0.29) is 17.4 Å². The van der Waals surface area contributed by atoms with E-state index in [9.17, 15) is 14.7 Å². The topological polar surface area (TPSA) is 66.4 Å². The Morgan fingerprint density at radius 1 is 1.32 bits per heavy atom. The minimum absolute atomic E-state index is 0.112. The van der Waals surface area contributed by atoms with E-state index in [0.717, 1.165) is 19.3 Å². The maximum absolute atomic E-state index is 12.2. The minimum atomic E-state index is -1.04. The Morgan fingerprint density at radius 3 is 2.32 bits per heavy atom. The number of hydrogen-bond acceptors (Lipinski definition) is 2. The van der Waals surface area contributed by atoms with E-state index < -0.39 is 17.3 Å². The van der Waals surface area contributed by atoms with Crippen molar-refractivity contribution < 1.29 is 14.7 Å². The van der Waals surface area contributed by atoms with Crippen LogP contribution >= 0.6 is 0 Å². The summed E-state index contributed by atoms with van der Waals surface area (Å²) in [5, 5.41) is 12.2. The van der Waals surface area contributed by atoms with E-state index in [4.69, 9.17) is 0 Å². The number of carboxylic acids is 1. The van der Waals surface area contributed by atoms with Crippen molar-refractivity contribution in [3.63, 3.8) is 0 Å². The highest BCUT2D eigenvalue weighted by Gasteiger charge is 2.39. The molecule has 2 atom stereocenters. The van der Waals surface area contributed by atoms with Gasteiger partial charge in [-0.05, 0) is 30.1 Å². The predicted octanol–water partition coefficient (Wildman–Crippen LogP) is 2.82. The highest BCUT2D eigenvalue weighted by atomic mass is 16.4. The molecule has 4 heteroatoms. The second kappa shape index (κ2) is 5.51. The van der Waals surface area contributed by atoms with Gasteiger partial charge in [0.15, 0.2) is 0 Å². The Morgan fingerprint density at radius 2 is 1.89 bits per heavy atom. The highest BCUT2D eigenvalue weighted by molar-refractivity contribution is 5.97. The molecule has 0 spiro atoms. The van der Waals surface area contributed by atoms with E-state index in [2.05, 4.69) is 19.2 Å². The first-order chi connectivity index (χ1) is 8.53. The number of carbonyl (C=O) groups is 2. The van der Waals surface area contributed by atoms with Gasteiger partial charge in [-0.25, -0.2) is 0 Å². The van der Waals surface area contributed by atoms with E-state index in [1.807, 2.05) is 0 Å². The standard InChI is InChI=1S/C15H27NO3/c1-14(2,3)11(13(18)19)12(17)16-10-7-6-8-15(4,5)9-10/h10-11H,6-9H2,1-5H3,(H,16,17)(H,18,19). The molecule has 1 amide bonds. The fraction of sp³-hybridized carbons (Fsp3) is 0.867. The van der Waals surface area contributed by atoms with Crippen LogP contribution in [0.5, 0.6) is 0 Å². The van der Waals surface area contributed by atoms with Crippen molar-refractivity contribution in [1.29, 1.82) is 0 Å². The molecule has 0 saturated heterocycles. The molecule has 1 rings (SSSR count). The van der Waals surface area contributed by atoms with Crippen LogP contribution in [-0.2, 0) is 9.59 Å². The molecular formula is C15H27NO3. The molecular weight excluding hydrogens is 242 g/mol. The van der Waals surface area contributed by atoms with Gasteiger partial charge in [-0.2, -0.15) is 0 Å². The second-order valence-electron chi connectivity index (χ2n) is 7.60. The van der Waals surface area contributed by atoms with Gasteiger partial charge >= 0.3 is 5.97 Å². The van der Waals surface area contributed by atoms with Gasteiger partial charge in [-0.3, -0.25) is 9.59 Å². The maximum Gasteiger partial charge on any atom is 0.316 e. The summed E-state index contributed by atoms with van der Waals surface area (Å²) < 4.78 is 0. The van der Waals surface area contributed by atoms with E-state index in [1.54, 1.807) is 20.8 Å². The summed E-state index contributed by atoms with van der Waals surface area (Å²) in [4.78, 5) is 23.5. The summed E-state index contributed by atoms with van der Waals surface area (Å²) in [6.07, 6.45) is 4.13. The first-order valence-electron chi connectivity index (χ1n) is 7.06. The predicted molar refractivity (Wildman–Crippen MR) is 74.8 cm³/mol. The second-order valence-corrected chi connectivity index (χ2v) is 7.60.